The normalized spacial score (nSPS) is 22.7. The molecule has 1 rings (SSSR count). The molecule has 0 aromatic rings. The van der Waals surface area contributed by atoms with Crippen LogP contribution >= 0.6 is 0 Å². The van der Waals surface area contributed by atoms with Crippen LogP contribution < -0.4 is 0 Å². The second kappa shape index (κ2) is 3.85. The molecule has 0 aliphatic carbocycles. The molecule has 1 aliphatic heterocycles. The SMILES string of the molecule is CC.CC1(C)OCCO1. The molecule has 2 nitrogen and oxygen atoms in total. The first-order valence-electron chi connectivity index (χ1n) is 3.49. The molecule has 1 aliphatic rings. The first-order chi connectivity index (χ1) is 4.21. The molecule has 0 unspecified atom stereocenters. The molecular formula is C7H16O2. The zero-order valence-electron chi connectivity index (χ0n) is 6.73. The van der Waals surface area contributed by atoms with Gasteiger partial charge in [-0.05, 0) is 13.8 Å². The van der Waals surface area contributed by atoms with Crippen LogP contribution in [0.2, 0.25) is 0 Å². The van der Waals surface area contributed by atoms with E-state index in [0.29, 0.717) is 0 Å². The highest BCUT2D eigenvalue weighted by molar-refractivity contribution is 4.58. The molecule has 0 bridgehead atoms. The van der Waals surface area contributed by atoms with Crippen LogP contribution in [0.5, 0.6) is 0 Å². The summed E-state index contributed by atoms with van der Waals surface area (Å²) in [6, 6.07) is 0. The van der Waals surface area contributed by atoms with Gasteiger partial charge in [0.2, 0.25) is 0 Å². The van der Waals surface area contributed by atoms with Crippen LogP contribution in [-0.4, -0.2) is 19.0 Å². The number of ether oxygens (including phenoxy) is 2. The van der Waals surface area contributed by atoms with Crippen LogP contribution in [0.15, 0.2) is 0 Å². The predicted octanol–water partition coefficient (Wildman–Crippen LogP) is 1.80. The van der Waals surface area contributed by atoms with E-state index in [4.69, 9.17) is 9.47 Å². The lowest BCUT2D eigenvalue weighted by Crippen LogP contribution is -2.18. The van der Waals surface area contributed by atoms with E-state index in [0.717, 1.165) is 13.2 Å². The van der Waals surface area contributed by atoms with Crippen molar-refractivity contribution in [1.82, 2.24) is 0 Å². The van der Waals surface area contributed by atoms with Crippen molar-refractivity contribution in [2.24, 2.45) is 0 Å². The second-order valence-electron chi connectivity index (χ2n) is 2.10. The number of rotatable bonds is 0. The molecular weight excluding hydrogens is 116 g/mol. The van der Waals surface area contributed by atoms with E-state index >= 15 is 0 Å². The Morgan fingerprint density at radius 2 is 1.33 bits per heavy atom. The molecule has 0 spiro atoms. The van der Waals surface area contributed by atoms with Gasteiger partial charge in [0, 0.05) is 0 Å². The smallest absolute Gasteiger partial charge is 0.162 e. The molecule has 0 saturated carbocycles. The molecule has 2 heteroatoms. The summed E-state index contributed by atoms with van der Waals surface area (Å²) in [5.41, 5.74) is 0. The molecule has 0 radical (unpaired) electrons. The maximum Gasteiger partial charge on any atom is 0.162 e. The summed E-state index contributed by atoms with van der Waals surface area (Å²) in [4.78, 5) is 0. The van der Waals surface area contributed by atoms with Gasteiger partial charge in [0.05, 0.1) is 13.2 Å². The predicted molar refractivity (Wildman–Crippen MR) is 37.3 cm³/mol. The summed E-state index contributed by atoms with van der Waals surface area (Å²) < 4.78 is 10.2. The molecule has 1 heterocycles. The monoisotopic (exact) mass is 132 g/mol. The van der Waals surface area contributed by atoms with Crippen molar-refractivity contribution < 1.29 is 9.47 Å². The van der Waals surface area contributed by atoms with Crippen molar-refractivity contribution in [1.29, 1.82) is 0 Å². The molecule has 1 fully saturated rings. The summed E-state index contributed by atoms with van der Waals surface area (Å²) in [5, 5.41) is 0. The standard InChI is InChI=1S/C5H10O2.C2H6/c1-5(2)6-3-4-7-5;1-2/h3-4H2,1-2H3;1-2H3. The summed E-state index contributed by atoms with van der Waals surface area (Å²) in [7, 11) is 0. The van der Waals surface area contributed by atoms with E-state index < -0.39 is 0 Å². The third kappa shape index (κ3) is 3.49. The van der Waals surface area contributed by atoms with E-state index in [-0.39, 0.29) is 5.79 Å². The molecule has 0 N–H and O–H groups in total. The zero-order valence-corrected chi connectivity index (χ0v) is 6.73. The quantitative estimate of drug-likeness (QED) is 0.500. The van der Waals surface area contributed by atoms with E-state index in [1.807, 2.05) is 27.7 Å². The van der Waals surface area contributed by atoms with Gasteiger partial charge in [-0.15, -0.1) is 0 Å². The van der Waals surface area contributed by atoms with Gasteiger partial charge in [-0.1, -0.05) is 13.8 Å². The van der Waals surface area contributed by atoms with Crippen molar-refractivity contribution in [2.45, 2.75) is 33.5 Å². The maximum absolute atomic E-state index is 5.12. The third-order valence-electron chi connectivity index (χ3n) is 0.983. The number of hydrogen-bond acceptors (Lipinski definition) is 2. The molecule has 0 aromatic heterocycles. The van der Waals surface area contributed by atoms with Crippen molar-refractivity contribution in [3.63, 3.8) is 0 Å². The van der Waals surface area contributed by atoms with Gasteiger partial charge in [0.1, 0.15) is 0 Å². The van der Waals surface area contributed by atoms with Gasteiger partial charge < -0.3 is 9.47 Å². The Morgan fingerprint density at radius 3 is 1.44 bits per heavy atom. The highest BCUT2D eigenvalue weighted by Gasteiger charge is 2.23. The van der Waals surface area contributed by atoms with Crippen molar-refractivity contribution in [3.8, 4) is 0 Å². The van der Waals surface area contributed by atoms with Crippen LogP contribution in [0.4, 0.5) is 0 Å². The van der Waals surface area contributed by atoms with Gasteiger partial charge in [-0.3, -0.25) is 0 Å². The third-order valence-corrected chi connectivity index (χ3v) is 0.983. The van der Waals surface area contributed by atoms with E-state index in [9.17, 15) is 0 Å². The van der Waals surface area contributed by atoms with Crippen LogP contribution in [0.25, 0.3) is 0 Å². The Balaban J connectivity index is 0.000000291. The first-order valence-corrected chi connectivity index (χ1v) is 3.49. The van der Waals surface area contributed by atoms with Crippen LogP contribution in [-0.2, 0) is 9.47 Å². The van der Waals surface area contributed by atoms with Crippen LogP contribution in [0.1, 0.15) is 27.7 Å². The Kier molecular flexibility index (Phi) is 3.82. The second-order valence-corrected chi connectivity index (χ2v) is 2.10. The number of hydrogen-bond donors (Lipinski definition) is 0. The van der Waals surface area contributed by atoms with Crippen LogP contribution in [0.3, 0.4) is 0 Å². The summed E-state index contributed by atoms with van der Waals surface area (Å²) in [6.45, 7) is 9.32. The van der Waals surface area contributed by atoms with E-state index in [1.165, 1.54) is 0 Å². The minimum Gasteiger partial charge on any atom is -0.348 e. The summed E-state index contributed by atoms with van der Waals surface area (Å²) >= 11 is 0. The van der Waals surface area contributed by atoms with Crippen molar-refractivity contribution in [3.05, 3.63) is 0 Å². The van der Waals surface area contributed by atoms with Gasteiger partial charge in [-0.2, -0.15) is 0 Å². The van der Waals surface area contributed by atoms with Crippen LogP contribution in [0, 0.1) is 0 Å². The average Bonchev–Trinajstić information content (AvgIpc) is 2.19. The average molecular weight is 132 g/mol. The maximum atomic E-state index is 5.12. The fourth-order valence-electron chi connectivity index (χ4n) is 0.617. The Morgan fingerprint density at radius 1 is 1.00 bits per heavy atom. The largest absolute Gasteiger partial charge is 0.348 e. The summed E-state index contributed by atoms with van der Waals surface area (Å²) in [5.74, 6) is -0.306. The van der Waals surface area contributed by atoms with Gasteiger partial charge in [0.15, 0.2) is 5.79 Å². The lowest BCUT2D eigenvalue weighted by Gasteiger charge is -2.13. The summed E-state index contributed by atoms with van der Waals surface area (Å²) in [6.07, 6.45) is 0. The molecule has 56 valence electrons. The molecule has 0 amide bonds. The van der Waals surface area contributed by atoms with E-state index in [1.54, 1.807) is 0 Å². The van der Waals surface area contributed by atoms with Gasteiger partial charge in [-0.25, -0.2) is 0 Å². The Hall–Kier alpha value is -0.0800. The molecule has 1 saturated heterocycles. The Bertz CT molecular complexity index is 61.3. The van der Waals surface area contributed by atoms with Gasteiger partial charge in [0.25, 0.3) is 0 Å². The minimum absolute atomic E-state index is 0.306. The van der Waals surface area contributed by atoms with Gasteiger partial charge >= 0.3 is 0 Å². The van der Waals surface area contributed by atoms with Crippen molar-refractivity contribution >= 4 is 0 Å². The fourth-order valence-corrected chi connectivity index (χ4v) is 0.617. The highest BCUT2D eigenvalue weighted by Crippen LogP contribution is 2.15. The van der Waals surface area contributed by atoms with E-state index in [2.05, 4.69) is 0 Å². The Labute approximate surface area is 57.2 Å². The first kappa shape index (κ1) is 8.92. The van der Waals surface area contributed by atoms with Crippen molar-refractivity contribution in [2.75, 3.05) is 13.2 Å². The zero-order chi connectivity index (χ0) is 7.33. The lowest BCUT2D eigenvalue weighted by atomic mass is 10.4. The highest BCUT2D eigenvalue weighted by atomic mass is 16.7. The topological polar surface area (TPSA) is 18.5 Å². The fraction of sp³-hybridized carbons (Fsp3) is 1.00. The molecule has 0 aromatic carbocycles. The molecule has 0 atom stereocenters. The lowest BCUT2D eigenvalue weighted by molar-refractivity contribution is -0.125. The molecule has 9 heavy (non-hydrogen) atoms. The minimum atomic E-state index is -0.306.